The Morgan fingerprint density at radius 3 is 2.88 bits per heavy atom. The van der Waals surface area contributed by atoms with Gasteiger partial charge in [0.1, 0.15) is 16.9 Å². The van der Waals surface area contributed by atoms with Crippen LogP contribution in [0.1, 0.15) is 0 Å². The molecule has 2 nitrogen and oxygen atoms in total. The molecule has 0 aromatic heterocycles. The van der Waals surface area contributed by atoms with Crippen molar-refractivity contribution in [2.24, 2.45) is 0 Å². The molecule has 0 aromatic rings. The van der Waals surface area contributed by atoms with Gasteiger partial charge >= 0.3 is 0 Å². The summed E-state index contributed by atoms with van der Waals surface area (Å²) in [7, 11) is 0. The Morgan fingerprint density at radius 2 is 2.50 bits per heavy atom. The summed E-state index contributed by atoms with van der Waals surface area (Å²) in [6.45, 7) is 0. The van der Waals surface area contributed by atoms with Crippen molar-refractivity contribution in [1.82, 2.24) is 0 Å². The van der Waals surface area contributed by atoms with E-state index in [0.717, 1.165) is 0 Å². The van der Waals surface area contributed by atoms with Gasteiger partial charge in [0.15, 0.2) is 0 Å². The van der Waals surface area contributed by atoms with Crippen molar-refractivity contribution in [3.05, 3.63) is 23.3 Å². The van der Waals surface area contributed by atoms with Crippen LogP contribution in [0.25, 0.3) is 0 Å². The summed E-state index contributed by atoms with van der Waals surface area (Å²) in [5, 5.41) is 10.1. The zero-order chi connectivity index (χ0) is 5.98. The molecule has 44 valence electrons. The average Bonchev–Trinajstić information content (AvgIpc) is 1.77. The van der Waals surface area contributed by atoms with E-state index in [4.69, 9.17) is 5.11 Å². The molecule has 1 aliphatic rings. The Labute approximate surface area is 50.7 Å². The summed E-state index contributed by atoms with van der Waals surface area (Å²) in [6.07, 6.45) is 2.98. The molecule has 0 aromatic carbocycles. The lowest BCUT2D eigenvalue weighted by Crippen LogP contribution is -2.03. The standard InChI is InChI=1S/C5H6O2S/c6-5-1-3-8(7)4-2-5/h1-3,6H,4H2. The summed E-state index contributed by atoms with van der Waals surface area (Å²) in [5.41, 5.74) is 0. The van der Waals surface area contributed by atoms with Crippen LogP contribution in [0.5, 0.6) is 0 Å². The van der Waals surface area contributed by atoms with Gasteiger partial charge in [-0.1, -0.05) is 0 Å². The molecule has 1 N–H and O–H groups in total. The van der Waals surface area contributed by atoms with Crippen molar-refractivity contribution >= 4 is 11.2 Å². The molecule has 0 saturated carbocycles. The molecule has 1 unspecified atom stereocenters. The summed E-state index contributed by atoms with van der Waals surface area (Å²) in [6, 6.07) is 0. The van der Waals surface area contributed by atoms with Gasteiger partial charge in [0.2, 0.25) is 0 Å². The largest absolute Gasteiger partial charge is 0.612 e. The van der Waals surface area contributed by atoms with E-state index >= 15 is 0 Å². The van der Waals surface area contributed by atoms with Crippen LogP contribution in [-0.2, 0) is 11.2 Å². The van der Waals surface area contributed by atoms with Crippen LogP contribution < -0.4 is 0 Å². The van der Waals surface area contributed by atoms with E-state index in [1.807, 2.05) is 0 Å². The van der Waals surface area contributed by atoms with E-state index in [2.05, 4.69) is 0 Å². The predicted molar refractivity (Wildman–Crippen MR) is 32.9 cm³/mol. The molecule has 0 aliphatic carbocycles. The molecular formula is C5H6O2S. The first kappa shape index (κ1) is 5.72. The zero-order valence-electron chi connectivity index (χ0n) is 4.20. The first-order valence-corrected chi connectivity index (χ1v) is 3.62. The van der Waals surface area contributed by atoms with E-state index in [-0.39, 0.29) is 5.76 Å². The topological polar surface area (TPSA) is 43.3 Å². The van der Waals surface area contributed by atoms with E-state index in [1.165, 1.54) is 17.6 Å². The second-order valence-corrected chi connectivity index (χ2v) is 2.85. The Morgan fingerprint density at radius 1 is 1.75 bits per heavy atom. The fraction of sp³-hybridized carbons (Fsp3) is 0.200. The van der Waals surface area contributed by atoms with Crippen molar-refractivity contribution in [2.75, 3.05) is 5.75 Å². The van der Waals surface area contributed by atoms with Crippen molar-refractivity contribution < 1.29 is 9.66 Å². The molecule has 3 heteroatoms. The molecule has 0 fully saturated rings. The Kier molecular flexibility index (Phi) is 1.60. The molecule has 1 aliphatic heterocycles. The molecule has 1 rings (SSSR count). The van der Waals surface area contributed by atoms with E-state index in [0.29, 0.717) is 5.75 Å². The highest BCUT2D eigenvalue weighted by atomic mass is 32.2. The van der Waals surface area contributed by atoms with Gasteiger partial charge < -0.3 is 9.66 Å². The third-order valence-corrected chi connectivity index (χ3v) is 1.78. The number of hydrogen-bond acceptors (Lipinski definition) is 2. The average molecular weight is 130 g/mol. The van der Waals surface area contributed by atoms with Gasteiger partial charge in [-0.25, -0.2) is 0 Å². The summed E-state index contributed by atoms with van der Waals surface area (Å²) in [5.74, 6) is 0.659. The molecule has 0 radical (unpaired) electrons. The van der Waals surface area contributed by atoms with E-state index in [9.17, 15) is 4.55 Å². The summed E-state index contributed by atoms with van der Waals surface area (Å²) < 4.78 is 10.5. The van der Waals surface area contributed by atoms with Crippen LogP contribution in [-0.4, -0.2) is 15.4 Å². The molecule has 1 atom stereocenters. The smallest absolute Gasteiger partial charge is 0.132 e. The van der Waals surface area contributed by atoms with Gasteiger partial charge in [-0.2, -0.15) is 0 Å². The van der Waals surface area contributed by atoms with Crippen LogP contribution in [0.4, 0.5) is 0 Å². The van der Waals surface area contributed by atoms with Crippen molar-refractivity contribution in [1.29, 1.82) is 0 Å². The molecule has 8 heavy (non-hydrogen) atoms. The van der Waals surface area contributed by atoms with Crippen LogP contribution in [0.3, 0.4) is 0 Å². The van der Waals surface area contributed by atoms with E-state index < -0.39 is 11.2 Å². The molecule has 0 saturated heterocycles. The van der Waals surface area contributed by atoms with Crippen LogP contribution in [0.15, 0.2) is 23.3 Å². The van der Waals surface area contributed by atoms with Gasteiger partial charge in [-0.05, 0) is 11.2 Å². The molecule has 0 bridgehead atoms. The lowest BCUT2D eigenvalue weighted by Gasteiger charge is -2.04. The minimum Gasteiger partial charge on any atom is -0.612 e. The lowest BCUT2D eigenvalue weighted by molar-refractivity contribution is 0.430. The number of allylic oxidation sites excluding steroid dienone is 1. The predicted octanol–water partition coefficient (Wildman–Crippen LogP) is 0.704. The maximum atomic E-state index is 10.5. The number of aliphatic hydroxyl groups is 1. The van der Waals surface area contributed by atoms with Gasteiger partial charge in [0.05, 0.1) is 0 Å². The third-order valence-electron chi connectivity index (χ3n) is 0.847. The molecule has 0 spiro atoms. The molecule has 1 heterocycles. The van der Waals surface area contributed by atoms with Gasteiger partial charge in [-0.15, -0.1) is 0 Å². The monoisotopic (exact) mass is 130 g/mol. The second kappa shape index (κ2) is 2.24. The SMILES string of the molecule is [O-][S+]1C=CC(O)=CC1. The number of rotatable bonds is 0. The normalized spacial score (nSPS) is 27.6. The van der Waals surface area contributed by atoms with Crippen molar-refractivity contribution in [3.63, 3.8) is 0 Å². The van der Waals surface area contributed by atoms with Crippen molar-refractivity contribution in [2.45, 2.75) is 0 Å². The Balaban J connectivity index is 2.58. The highest BCUT2D eigenvalue weighted by molar-refractivity contribution is 7.94. The van der Waals surface area contributed by atoms with Gasteiger partial charge in [-0.3, -0.25) is 0 Å². The van der Waals surface area contributed by atoms with Crippen LogP contribution in [0.2, 0.25) is 0 Å². The fourth-order valence-electron chi connectivity index (χ4n) is 0.437. The maximum absolute atomic E-state index is 10.5. The first-order chi connectivity index (χ1) is 3.79. The van der Waals surface area contributed by atoms with Crippen molar-refractivity contribution in [3.8, 4) is 0 Å². The number of hydrogen-bond donors (Lipinski definition) is 1. The molecule has 0 amide bonds. The zero-order valence-corrected chi connectivity index (χ0v) is 5.02. The minimum atomic E-state index is -0.878. The Bertz CT molecular complexity index is 139. The minimum absolute atomic E-state index is 0.213. The summed E-state index contributed by atoms with van der Waals surface area (Å²) in [4.78, 5) is 0. The van der Waals surface area contributed by atoms with Gasteiger partial charge in [0.25, 0.3) is 0 Å². The Hall–Kier alpha value is -0.410. The van der Waals surface area contributed by atoms with Gasteiger partial charge in [0, 0.05) is 12.2 Å². The fourth-order valence-corrected chi connectivity index (χ4v) is 1.17. The van der Waals surface area contributed by atoms with Crippen LogP contribution >= 0.6 is 0 Å². The van der Waals surface area contributed by atoms with Crippen LogP contribution in [0, 0.1) is 0 Å². The molecular weight excluding hydrogens is 124 g/mol. The number of aliphatic hydroxyl groups excluding tert-OH is 1. The lowest BCUT2D eigenvalue weighted by atomic mass is 10.4. The summed E-state index contributed by atoms with van der Waals surface area (Å²) >= 11 is -0.878. The third kappa shape index (κ3) is 1.28. The van der Waals surface area contributed by atoms with E-state index in [1.54, 1.807) is 0 Å². The second-order valence-electron chi connectivity index (χ2n) is 1.48. The first-order valence-electron chi connectivity index (χ1n) is 2.23. The maximum Gasteiger partial charge on any atom is 0.132 e. The highest BCUT2D eigenvalue weighted by Crippen LogP contribution is 2.04. The quantitative estimate of drug-likeness (QED) is 0.490. The highest BCUT2D eigenvalue weighted by Gasteiger charge is 2.03.